The van der Waals surface area contributed by atoms with E-state index in [1.165, 1.54) is 66.0 Å². The van der Waals surface area contributed by atoms with Gasteiger partial charge in [0.05, 0.1) is 11.0 Å². The number of para-hydroxylation sites is 1. The Morgan fingerprint density at radius 3 is 2.23 bits per heavy atom. The lowest BCUT2D eigenvalue weighted by Gasteiger charge is -2.15. The smallest absolute Gasteiger partial charge is 0.136 e. The quantitative estimate of drug-likeness (QED) is 0.200. The molecule has 0 saturated heterocycles. The fourth-order valence-corrected chi connectivity index (χ4v) is 7.18. The highest BCUT2D eigenvalue weighted by atomic mass is 16.3. The van der Waals surface area contributed by atoms with Crippen molar-refractivity contribution < 1.29 is 4.42 Å². The average Bonchev–Trinajstić information content (AvgIpc) is 3.55. The van der Waals surface area contributed by atoms with Crippen LogP contribution in [0.5, 0.6) is 0 Å². The summed E-state index contributed by atoms with van der Waals surface area (Å²) in [4.78, 5) is 0. The first-order valence-electron chi connectivity index (χ1n) is 14.7. The van der Waals surface area contributed by atoms with Gasteiger partial charge in [0.2, 0.25) is 0 Å². The Labute approximate surface area is 249 Å². The van der Waals surface area contributed by atoms with Crippen LogP contribution in [0, 0.1) is 0 Å². The zero-order valence-corrected chi connectivity index (χ0v) is 23.8. The molecule has 2 heterocycles. The predicted molar refractivity (Wildman–Crippen MR) is 183 cm³/mol. The average molecular weight is 550 g/mol. The number of hydrogen-bond donors (Lipinski definition) is 0. The molecule has 1 aliphatic carbocycles. The van der Waals surface area contributed by atoms with Crippen LogP contribution in [-0.4, -0.2) is 4.57 Å². The van der Waals surface area contributed by atoms with Gasteiger partial charge >= 0.3 is 0 Å². The Bertz CT molecular complexity index is 2520. The molecule has 43 heavy (non-hydrogen) atoms. The summed E-state index contributed by atoms with van der Waals surface area (Å²) in [7, 11) is 0. The predicted octanol–water partition coefficient (Wildman–Crippen LogP) is 11.6. The molecule has 0 N–H and O–H groups in total. The first-order valence-corrected chi connectivity index (χ1v) is 14.7. The Hall–Kier alpha value is -5.60. The zero-order valence-electron chi connectivity index (χ0n) is 23.8. The van der Waals surface area contributed by atoms with Gasteiger partial charge in [-0.25, -0.2) is 0 Å². The normalized spacial score (nSPS) is 13.1. The third-order valence-electron chi connectivity index (χ3n) is 9.04. The Balaban J connectivity index is 1.43. The highest BCUT2D eigenvalue weighted by Crippen LogP contribution is 2.51. The van der Waals surface area contributed by atoms with Gasteiger partial charge in [0.25, 0.3) is 0 Å². The van der Waals surface area contributed by atoms with Crippen molar-refractivity contribution in [3.05, 3.63) is 146 Å². The van der Waals surface area contributed by atoms with Gasteiger partial charge in [-0.2, -0.15) is 0 Å². The van der Waals surface area contributed by atoms with Gasteiger partial charge in [-0.1, -0.05) is 97.6 Å². The molecular formula is C41H27NO. The number of aromatic nitrogens is 1. The first kappa shape index (κ1) is 24.0. The second-order valence-electron chi connectivity index (χ2n) is 11.4. The number of allylic oxidation sites excluding steroid dienone is 5. The summed E-state index contributed by atoms with van der Waals surface area (Å²) in [6.45, 7) is 6.27. The van der Waals surface area contributed by atoms with Crippen LogP contribution in [0.25, 0.3) is 88.0 Å². The van der Waals surface area contributed by atoms with E-state index < -0.39 is 0 Å². The number of furan rings is 1. The molecule has 0 amide bonds. The van der Waals surface area contributed by atoms with E-state index in [9.17, 15) is 0 Å². The van der Waals surface area contributed by atoms with E-state index in [0.717, 1.165) is 27.6 Å². The second kappa shape index (κ2) is 8.95. The third-order valence-corrected chi connectivity index (χ3v) is 9.04. The van der Waals surface area contributed by atoms with Gasteiger partial charge in [0, 0.05) is 27.2 Å². The fourth-order valence-electron chi connectivity index (χ4n) is 7.18. The molecule has 6 aromatic carbocycles. The molecule has 202 valence electrons. The summed E-state index contributed by atoms with van der Waals surface area (Å²) in [6, 6.07) is 41.5. The maximum atomic E-state index is 6.41. The van der Waals surface area contributed by atoms with E-state index >= 15 is 0 Å². The molecule has 0 unspecified atom stereocenters. The van der Waals surface area contributed by atoms with E-state index in [-0.39, 0.29) is 0 Å². The van der Waals surface area contributed by atoms with Gasteiger partial charge in [0.1, 0.15) is 11.2 Å². The molecule has 0 saturated carbocycles. The summed E-state index contributed by atoms with van der Waals surface area (Å²) in [5.41, 5.74) is 12.6. The van der Waals surface area contributed by atoms with Crippen molar-refractivity contribution in [2.24, 2.45) is 0 Å². The van der Waals surface area contributed by atoms with Gasteiger partial charge in [-0.05, 0) is 93.6 Å². The van der Waals surface area contributed by atoms with Crippen LogP contribution >= 0.6 is 0 Å². The van der Waals surface area contributed by atoms with Crippen molar-refractivity contribution in [2.45, 2.75) is 6.92 Å². The molecular weight excluding hydrogens is 522 g/mol. The minimum Gasteiger partial charge on any atom is -0.456 e. The number of fused-ring (bicyclic) bond motifs is 6. The molecule has 0 bridgehead atoms. The molecule has 9 rings (SSSR count). The molecule has 0 fully saturated rings. The summed E-state index contributed by atoms with van der Waals surface area (Å²) < 4.78 is 8.81. The number of nitrogens with zero attached hydrogens (tertiary/aromatic N) is 1. The highest BCUT2D eigenvalue weighted by molar-refractivity contribution is 6.31. The molecule has 0 spiro atoms. The van der Waals surface area contributed by atoms with Crippen molar-refractivity contribution in [1.29, 1.82) is 0 Å². The Kier molecular flexibility index (Phi) is 5.00. The molecule has 0 radical (unpaired) electrons. The lowest BCUT2D eigenvalue weighted by Crippen LogP contribution is -1.96. The third kappa shape index (κ3) is 3.35. The highest BCUT2D eigenvalue weighted by Gasteiger charge is 2.26. The minimum atomic E-state index is 0.916. The SMILES string of the molecule is C=C/C=C(\C=C(/C)c1ccccc1)n1c2cccc3c2c2c4c(cccc4ccc21)-c1cc2c(cc1-3)oc1ccccc12. The van der Waals surface area contributed by atoms with E-state index in [2.05, 4.69) is 139 Å². The van der Waals surface area contributed by atoms with Crippen LogP contribution in [0.2, 0.25) is 0 Å². The van der Waals surface area contributed by atoms with E-state index in [1.54, 1.807) is 0 Å². The number of hydrogen-bond acceptors (Lipinski definition) is 1. The lowest BCUT2D eigenvalue weighted by atomic mass is 9.92. The largest absolute Gasteiger partial charge is 0.456 e. The maximum absolute atomic E-state index is 6.41. The van der Waals surface area contributed by atoms with E-state index in [1.807, 2.05) is 12.1 Å². The summed E-state index contributed by atoms with van der Waals surface area (Å²) in [6.07, 6.45) is 6.28. The molecule has 8 aromatic rings. The summed E-state index contributed by atoms with van der Waals surface area (Å²) in [5.74, 6) is 0. The maximum Gasteiger partial charge on any atom is 0.136 e. The van der Waals surface area contributed by atoms with Gasteiger partial charge in [-0.3, -0.25) is 0 Å². The van der Waals surface area contributed by atoms with Crippen molar-refractivity contribution in [1.82, 2.24) is 4.57 Å². The zero-order chi connectivity index (χ0) is 28.7. The number of benzene rings is 6. The van der Waals surface area contributed by atoms with Crippen LogP contribution in [0.4, 0.5) is 0 Å². The van der Waals surface area contributed by atoms with Gasteiger partial charge in [0.15, 0.2) is 0 Å². The molecule has 0 atom stereocenters. The molecule has 2 heteroatoms. The Morgan fingerprint density at radius 2 is 1.37 bits per heavy atom. The van der Waals surface area contributed by atoms with E-state index in [4.69, 9.17) is 4.42 Å². The molecule has 2 nitrogen and oxygen atoms in total. The van der Waals surface area contributed by atoms with Crippen LogP contribution in [0.1, 0.15) is 12.5 Å². The van der Waals surface area contributed by atoms with Crippen LogP contribution in [-0.2, 0) is 0 Å². The van der Waals surface area contributed by atoms with Crippen molar-refractivity contribution in [3.63, 3.8) is 0 Å². The van der Waals surface area contributed by atoms with Gasteiger partial charge in [-0.15, -0.1) is 0 Å². The molecule has 0 aliphatic heterocycles. The molecule has 1 aliphatic rings. The lowest BCUT2D eigenvalue weighted by molar-refractivity contribution is 0.669. The van der Waals surface area contributed by atoms with Crippen LogP contribution < -0.4 is 0 Å². The molecule has 2 aromatic heterocycles. The number of rotatable bonds is 4. The van der Waals surface area contributed by atoms with Crippen molar-refractivity contribution >= 4 is 65.8 Å². The van der Waals surface area contributed by atoms with Crippen LogP contribution in [0.3, 0.4) is 0 Å². The van der Waals surface area contributed by atoms with Crippen molar-refractivity contribution in [3.8, 4) is 22.3 Å². The van der Waals surface area contributed by atoms with Crippen LogP contribution in [0.15, 0.2) is 144 Å². The second-order valence-corrected chi connectivity index (χ2v) is 11.4. The topological polar surface area (TPSA) is 18.1 Å². The van der Waals surface area contributed by atoms with Gasteiger partial charge < -0.3 is 8.98 Å². The first-order chi connectivity index (χ1) is 21.2. The fraction of sp³-hybridized carbons (Fsp3) is 0.0244. The summed E-state index contributed by atoms with van der Waals surface area (Å²) in [5, 5.41) is 7.40. The van der Waals surface area contributed by atoms with Crippen molar-refractivity contribution in [2.75, 3.05) is 0 Å². The van der Waals surface area contributed by atoms with E-state index in [0.29, 0.717) is 0 Å². The summed E-state index contributed by atoms with van der Waals surface area (Å²) >= 11 is 0. The monoisotopic (exact) mass is 549 g/mol. The Morgan fingerprint density at radius 1 is 0.628 bits per heavy atom. The minimum absolute atomic E-state index is 0.916. The standard InChI is InChI=1S/C41H27NO/c1-3-11-28(22-25(2)26-12-5-4-6-13-26)42-35-18-10-17-31-33-24-38-34(29-15-7-8-19-37(29)43-38)23-32(33)30-16-9-14-27-20-21-36(42)41(39(27)30)40(31)35/h3-24H,1H2,2H3/b25-22+,28-11+.